The Kier molecular flexibility index (Phi) is 13.1. The van der Waals surface area contributed by atoms with Crippen molar-refractivity contribution in [3.63, 3.8) is 0 Å². The van der Waals surface area contributed by atoms with E-state index in [1.807, 2.05) is 27.7 Å². The Balaban J connectivity index is 6.43. The maximum atomic E-state index is 5.92. The third-order valence-electron chi connectivity index (χ3n) is 4.40. The lowest BCUT2D eigenvalue weighted by Crippen LogP contribution is -2.45. The fourth-order valence-corrected chi connectivity index (χ4v) is 5.10. The molecule has 0 N–H and O–H groups in total. The highest BCUT2D eigenvalue weighted by atomic mass is 28.4. The van der Waals surface area contributed by atoms with Gasteiger partial charge in [0, 0.05) is 0 Å². The van der Waals surface area contributed by atoms with Gasteiger partial charge in [0.05, 0.1) is 22.8 Å². The monoisotopic (exact) mass is 540 g/mol. The molecule has 0 aromatic heterocycles. The van der Waals surface area contributed by atoms with Gasteiger partial charge in [0.15, 0.2) is 0 Å². The number of nitrogens with zero attached hydrogens (tertiary/aromatic N) is 4. The second-order valence-electron chi connectivity index (χ2n) is 15.1. The van der Waals surface area contributed by atoms with Crippen molar-refractivity contribution in [2.75, 3.05) is 0 Å². The smallest absolute Gasteiger partial charge is 0.340 e. The summed E-state index contributed by atoms with van der Waals surface area (Å²) in [6.07, 6.45) is 2.90. The highest BCUT2D eigenvalue weighted by Crippen LogP contribution is 2.25. The zero-order chi connectivity index (χ0) is 29.3. The number of hydrogen-bond acceptors (Lipinski definition) is 8. The molecule has 0 saturated carbocycles. The van der Waals surface area contributed by atoms with Crippen LogP contribution in [0.2, 0.25) is 0 Å². The molecule has 0 heterocycles. The molecule has 0 radical (unpaired) electrons. The van der Waals surface area contributed by atoms with E-state index in [1.165, 1.54) is 0 Å². The average molecular weight is 541 g/mol. The number of rotatable bonds is 12. The van der Waals surface area contributed by atoms with Crippen molar-refractivity contribution in [3.05, 3.63) is 0 Å². The van der Waals surface area contributed by atoms with Crippen LogP contribution in [0, 0.1) is 21.7 Å². The molecule has 0 aromatic rings. The molecule has 0 aliphatic rings. The fraction of sp³-hybridized carbons (Fsp3) is 0.857. The molecule has 37 heavy (non-hydrogen) atoms. The maximum Gasteiger partial charge on any atom is 1.05 e. The molecule has 0 fully saturated rings. The van der Waals surface area contributed by atoms with Crippen molar-refractivity contribution in [1.29, 1.82) is 0 Å². The minimum absolute atomic E-state index is 0.0358. The molecule has 0 aromatic carbocycles. The first-order valence-electron chi connectivity index (χ1n) is 13.3. The molecular formula is C28H56N4O4Si. The van der Waals surface area contributed by atoms with Crippen LogP contribution in [0.4, 0.5) is 0 Å². The summed E-state index contributed by atoms with van der Waals surface area (Å²) in [4.78, 5) is 0. The molecule has 0 bridgehead atoms. The lowest BCUT2D eigenvalue weighted by Gasteiger charge is -2.22. The van der Waals surface area contributed by atoms with Crippen LogP contribution in [0.25, 0.3) is 0 Å². The van der Waals surface area contributed by atoms with E-state index in [1.54, 1.807) is 0 Å². The second kappa shape index (κ2) is 13.8. The van der Waals surface area contributed by atoms with Crippen molar-refractivity contribution in [3.8, 4) is 0 Å². The van der Waals surface area contributed by atoms with E-state index in [-0.39, 0.29) is 21.7 Å². The SMILES string of the molecule is C/C(CC(C)(C)C)=N\O[Si](O/N=C(\C)CC(C)(C)C)(O/N=C(\C)CC(C)(C)C)O/N=C(\C)CC(C)(C)C. The third-order valence-corrected chi connectivity index (χ3v) is 5.66. The van der Waals surface area contributed by atoms with Gasteiger partial charge in [0.25, 0.3) is 0 Å². The van der Waals surface area contributed by atoms with Crippen LogP contribution < -0.4 is 0 Å². The van der Waals surface area contributed by atoms with Gasteiger partial charge < -0.3 is 18.1 Å². The Bertz CT molecular complexity index is 695. The Labute approximate surface area is 228 Å². The molecule has 0 unspecified atom stereocenters. The van der Waals surface area contributed by atoms with Crippen molar-refractivity contribution in [2.45, 2.75) is 136 Å². The van der Waals surface area contributed by atoms with Gasteiger partial charge in [-0.3, -0.25) is 0 Å². The first-order valence-corrected chi connectivity index (χ1v) is 14.9. The van der Waals surface area contributed by atoms with Crippen LogP contribution >= 0.6 is 0 Å². The van der Waals surface area contributed by atoms with Crippen LogP contribution in [-0.2, 0) is 18.1 Å². The molecule has 0 amide bonds. The van der Waals surface area contributed by atoms with Crippen LogP contribution in [0.3, 0.4) is 0 Å². The van der Waals surface area contributed by atoms with Gasteiger partial charge >= 0.3 is 9.05 Å². The molecule has 0 saturated heterocycles. The molecule has 0 aliphatic carbocycles. The molecule has 9 heteroatoms. The quantitative estimate of drug-likeness (QED) is 0.141. The standard InChI is InChI=1S/C28H56N4O4Si/c1-21(17-25(5,6)7)29-33-37(34-30-22(2)18-26(8,9)10,35-31-23(3)19-27(11,12)13)36-32-24(4)20-28(14,15)16/h17-20H2,1-16H3/b29-21+,30-22+,31-23+,32-24+. The predicted molar refractivity (Wildman–Crippen MR) is 159 cm³/mol. The zero-order valence-corrected chi connectivity index (χ0v) is 27.8. The zero-order valence-electron chi connectivity index (χ0n) is 26.8. The van der Waals surface area contributed by atoms with Gasteiger partial charge in [-0.1, -0.05) is 83.1 Å². The van der Waals surface area contributed by atoms with Gasteiger partial charge in [-0.15, -0.1) is 20.6 Å². The minimum atomic E-state index is -4.10. The molecule has 0 rings (SSSR count). The van der Waals surface area contributed by atoms with Crippen molar-refractivity contribution in [2.24, 2.45) is 42.3 Å². The highest BCUT2D eigenvalue weighted by Gasteiger charge is 2.63. The molecule has 0 aliphatic heterocycles. The lowest BCUT2D eigenvalue weighted by atomic mass is 9.90. The molecule has 216 valence electrons. The van der Waals surface area contributed by atoms with E-state index in [9.17, 15) is 0 Å². The second-order valence-corrected chi connectivity index (χ2v) is 16.9. The predicted octanol–water partition coefficient (Wildman–Crippen LogP) is 8.74. The normalized spacial score (nSPS) is 15.6. The molecule has 0 atom stereocenters. The van der Waals surface area contributed by atoms with E-state index >= 15 is 0 Å². The van der Waals surface area contributed by atoms with Gasteiger partial charge in [0.2, 0.25) is 0 Å². The summed E-state index contributed by atoms with van der Waals surface area (Å²) in [5, 5.41) is 17.3. The van der Waals surface area contributed by atoms with Crippen LogP contribution in [0.15, 0.2) is 20.6 Å². The largest absolute Gasteiger partial charge is 1.05 e. The summed E-state index contributed by atoms with van der Waals surface area (Å²) in [5.74, 6) is 0. The number of oxime groups is 4. The average Bonchev–Trinajstić information content (AvgIpc) is 2.61. The summed E-state index contributed by atoms with van der Waals surface area (Å²) in [7, 11) is -4.10. The van der Waals surface area contributed by atoms with Crippen molar-refractivity contribution >= 4 is 31.9 Å². The summed E-state index contributed by atoms with van der Waals surface area (Å²) < 4.78 is 23.7. The van der Waals surface area contributed by atoms with Gasteiger partial charge in [-0.05, 0) is 75.0 Å². The van der Waals surface area contributed by atoms with Gasteiger partial charge in [-0.25, -0.2) is 0 Å². The first kappa shape index (κ1) is 35.1. The number of hydrogen-bond donors (Lipinski definition) is 0. The Hall–Kier alpha value is -1.90. The van der Waals surface area contributed by atoms with Crippen molar-refractivity contribution < 1.29 is 18.1 Å². The van der Waals surface area contributed by atoms with E-state index in [2.05, 4.69) is 104 Å². The van der Waals surface area contributed by atoms with Crippen LogP contribution in [-0.4, -0.2) is 31.9 Å². The fourth-order valence-electron chi connectivity index (χ4n) is 3.83. The Morgan fingerprint density at radius 1 is 0.405 bits per heavy atom. The molecular weight excluding hydrogens is 484 g/mol. The Morgan fingerprint density at radius 3 is 0.703 bits per heavy atom. The van der Waals surface area contributed by atoms with E-state index in [4.69, 9.17) is 18.1 Å². The van der Waals surface area contributed by atoms with Crippen molar-refractivity contribution in [1.82, 2.24) is 0 Å². The van der Waals surface area contributed by atoms with Gasteiger partial charge in [-0.2, -0.15) is 0 Å². The maximum absolute atomic E-state index is 5.92. The highest BCUT2D eigenvalue weighted by molar-refractivity contribution is 6.53. The van der Waals surface area contributed by atoms with E-state index in [0.29, 0.717) is 0 Å². The topological polar surface area (TPSA) is 86.4 Å². The summed E-state index contributed by atoms with van der Waals surface area (Å²) in [6, 6.07) is 0. The summed E-state index contributed by atoms with van der Waals surface area (Å²) in [6.45, 7) is 33.3. The van der Waals surface area contributed by atoms with Crippen LogP contribution in [0.5, 0.6) is 0 Å². The summed E-state index contributed by atoms with van der Waals surface area (Å²) in [5.41, 5.74) is 3.26. The van der Waals surface area contributed by atoms with Gasteiger partial charge in [0.1, 0.15) is 0 Å². The molecule has 0 spiro atoms. The van der Waals surface area contributed by atoms with Crippen LogP contribution in [0.1, 0.15) is 136 Å². The Morgan fingerprint density at radius 2 is 0.568 bits per heavy atom. The molecule has 8 nitrogen and oxygen atoms in total. The summed E-state index contributed by atoms with van der Waals surface area (Å²) >= 11 is 0. The third kappa shape index (κ3) is 19.8. The minimum Gasteiger partial charge on any atom is -0.340 e. The lowest BCUT2D eigenvalue weighted by molar-refractivity contribution is -0.0324. The van der Waals surface area contributed by atoms with E-state index < -0.39 is 9.05 Å². The first-order chi connectivity index (χ1) is 16.4. The van der Waals surface area contributed by atoms with E-state index in [0.717, 1.165) is 48.5 Å².